The van der Waals surface area contributed by atoms with E-state index in [0.717, 1.165) is 11.1 Å². The van der Waals surface area contributed by atoms with Crippen LogP contribution in [0.4, 0.5) is 0 Å². The Kier molecular flexibility index (Phi) is 3.92. The van der Waals surface area contributed by atoms with Crippen molar-refractivity contribution in [2.75, 3.05) is 0 Å². The van der Waals surface area contributed by atoms with Crippen LogP contribution < -0.4 is 0 Å². The molecule has 1 aromatic rings. The van der Waals surface area contributed by atoms with Crippen LogP contribution >= 0.6 is 23.2 Å². The molecule has 0 saturated heterocycles. The fraction of sp³-hybridized carbons (Fsp3) is 0. The van der Waals surface area contributed by atoms with Crippen LogP contribution in [0, 0.1) is 0 Å². The Morgan fingerprint density at radius 1 is 0.750 bits per heavy atom. The minimum Gasteiger partial charge on any atom is -0.0929 e. The van der Waals surface area contributed by atoms with E-state index in [0.29, 0.717) is 0 Å². The number of hydrogen-bond acceptors (Lipinski definition) is 0. The topological polar surface area (TPSA) is 0 Å². The monoisotopic (exact) mass is 198 g/mol. The lowest BCUT2D eigenvalue weighted by molar-refractivity contribution is 1.62. The first-order chi connectivity index (χ1) is 5.86. The molecule has 0 N–H and O–H groups in total. The summed E-state index contributed by atoms with van der Waals surface area (Å²) in [7, 11) is 0. The molecule has 0 unspecified atom stereocenters. The molecule has 0 nitrogen and oxygen atoms in total. The lowest BCUT2D eigenvalue weighted by atomic mass is 10.1. The second-order valence-corrected chi connectivity index (χ2v) is 2.76. The molecule has 2 heteroatoms. The van der Waals surface area contributed by atoms with E-state index in [1.165, 1.54) is 11.1 Å². The second-order valence-electron chi connectivity index (χ2n) is 2.25. The molecule has 0 aliphatic carbocycles. The van der Waals surface area contributed by atoms with Crippen molar-refractivity contribution >= 4 is 35.4 Å². The molecule has 0 heterocycles. The van der Waals surface area contributed by atoms with E-state index in [-0.39, 0.29) is 0 Å². The third-order valence-corrected chi connectivity index (χ3v) is 1.70. The van der Waals surface area contributed by atoms with E-state index in [1.54, 1.807) is 0 Å². The van der Waals surface area contributed by atoms with Gasteiger partial charge in [0.15, 0.2) is 0 Å². The van der Waals surface area contributed by atoms with E-state index < -0.39 is 0 Å². The van der Waals surface area contributed by atoms with Crippen LogP contribution in [0.5, 0.6) is 0 Å². The standard InChI is InChI=1S/C10H8Cl2/c11-7-5-9-1-2-10(4-3-9)6-8-12/h1-8H. The van der Waals surface area contributed by atoms with Crippen molar-refractivity contribution in [1.29, 1.82) is 0 Å². The van der Waals surface area contributed by atoms with Crippen molar-refractivity contribution in [1.82, 2.24) is 0 Å². The molecule has 0 fully saturated rings. The molecule has 0 bridgehead atoms. The molecule has 62 valence electrons. The fourth-order valence-corrected chi connectivity index (χ4v) is 1.15. The lowest BCUT2D eigenvalue weighted by Gasteiger charge is -1.93. The highest BCUT2D eigenvalue weighted by atomic mass is 35.5. The Hall–Kier alpha value is -0.720. The van der Waals surface area contributed by atoms with Gasteiger partial charge in [-0.1, -0.05) is 47.5 Å². The maximum Gasteiger partial charge on any atom is 0.00484 e. The van der Waals surface area contributed by atoms with Crippen LogP contribution in [0.1, 0.15) is 11.1 Å². The van der Waals surface area contributed by atoms with E-state index in [9.17, 15) is 0 Å². The molecule has 0 saturated carbocycles. The van der Waals surface area contributed by atoms with Gasteiger partial charge in [-0.05, 0) is 23.3 Å². The summed E-state index contributed by atoms with van der Waals surface area (Å²) in [6.45, 7) is 0. The average Bonchev–Trinajstić information content (AvgIpc) is 2.09. The highest BCUT2D eigenvalue weighted by Crippen LogP contribution is 2.08. The van der Waals surface area contributed by atoms with Crippen LogP contribution in [0.25, 0.3) is 12.2 Å². The maximum absolute atomic E-state index is 5.42. The van der Waals surface area contributed by atoms with Crippen molar-refractivity contribution < 1.29 is 0 Å². The second kappa shape index (κ2) is 5.02. The Labute approximate surface area is 82.1 Å². The van der Waals surface area contributed by atoms with E-state index >= 15 is 0 Å². The molecule has 1 aromatic carbocycles. The van der Waals surface area contributed by atoms with E-state index in [2.05, 4.69) is 0 Å². The Bertz CT molecular complexity index is 252. The summed E-state index contributed by atoms with van der Waals surface area (Å²) in [5.41, 5.74) is 5.15. The van der Waals surface area contributed by atoms with Gasteiger partial charge in [0.1, 0.15) is 0 Å². The van der Waals surface area contributed by atoms with Gasteiger partial charge < -0.3 is 0 Å². The quantitative estimate of drug-likeness (QED) is 0.672. The SMILES string of the molecule is ClC=Cc1ccc(C=CCl)cc1. The summed E-state index contributed by atoms with van der Waals surface area (Å²) >= 11 is 10.8. The van der Waals surface area contributed by atoms with Crippen molar-refractivity contribution in [2.45, 2.75) is 0 Å². The Balaban J connectivity index is 2.85. The van der Waals surface area contributed by atoms with Crippen LogP contribution in [0.2, 0.25) is 0 Å². The summed E-state index contributed by atoms with van der Waals surface area (Å²) in [5, 5.41) is 0. The number of rotatable bonds is 2. The predicted octanol–water partition coefficient (Wildman–Crippen LogP) is 4.11. The van der Waals surface area contributed by atoms with Crippen LogP contribution in [-0.2, 0) is 0 Å². The summed E-state index contributed by atoms with van der Waals surface area (Å²) in [4.78, 5) is 0. The third-order valence-electron chi connectivity index (χ3n) is 1.45. The van der Waals surface area contributed by atoms with Gasteiger partial charge in [-0.25, -0.2) is 0 Å². The largest absolute Gasteiger partial charge is 0.0929 e. The molecule has 0 aliphatic heterocycles. The van der Waals surface area contributed by atoms with Gasteiger partial charge in [-0.15, -0.1) is 0 Å². The molecule has 0 aromatic heterocycles. The zero-order chi connectivity index (χ0) is 8.81. The van der Waals surface area contributed by atoms with E-state index in [4.69, 9.17) is 23.2 Å². The first-order valence-corrected chi connectivity index (χ1v) is 4.37. The van der Waals surface area contributed by atoms with Crippen LogP contribution in [0.15, 0.2) is 35.3 Å². The lowest BCUT2D eigenvalue weighted by Crippen LogP contribution is -1.72. The molecular weight excluding hydrogens is 191 g/mol. The summed E-state index contributed by atoms with van der Waals surface area (Å²) in [6, 6.07) is 7.91. The van der Waals surface area contributed by atoms with Gasteiger partial charge in [0.2, 0.25) is 0 Å². The van der Waals surface area contributed by atoms with Gasteiger partial charge >= 0.3 is 0 Å². The highest BCUT2D eigenvalue weighted by molar-refractivity contribution is 6.27. The molecular formula is C10H8Cl2. The zero-order valence-electron chi connectivity index (χ0n) is 6.37. The molecule has 0 radical (unpaired) electrons. The molecule has 0 spiro atoms. The molecule has 12 heavy (non-hydrogen) atoms. The molecule has 0 amide bonds. The number of halogens is 2. The highest BCUT2D eigenvalue weighted by Gasteiger charge is 1.86. The number of benzene rings is 1. The number of hydrogen-bond donors (Lipinski definition) is 0. The van der Waals surface area contributed by atoms with Gasteiger partial charge in [0.05, 0.1) is 0 Å². The predicted molar refractivity (Wildman–Crippen MR) is 56.2 cm³/mol. The average molecular weight is 199 g/mol. The maximum atomic E-state index is 5.42. The van der Waals surface area contributed by atoms with Crippen molar-refractivity contribution in [2.24, 2.45) is 0 Å². The molecule has 1 rings (SSSR count). The Morgan fingerprint density at radius 2 is 1.08 bits per heavy atom. The van der Waals surface area contributed by atoms with Crippen LogP contribution in [0.3, 0.4) is 0 Å². The van der Waals surface area contributed by atoms with Crippen molar-refractivity contribution in [3.8, 4) is 0 Å². The van der Waals surface area contributed by atoms with Crippen molar-refractivity contribution in [3.63, 3.8) is 0 Å². The molecule has 0 aliphatic rings. The summed E-state index contributed by atoms with van der Waals surface area (Å²) < 4.78 is 0. The fourth-order valence-electron chi connectivity index (χ4n) is 0.864. The third kappa shape index (κ3) is 2.72. The normalized spacial score (nSPS) is 11.5. The Morgan fingerprint density at radius 3 is 1.33 bits per heavy atom. The first kappa shape index (κ1) is 9.37. The first-order valence-electron chi connectivity index (χ1n) is 3.50. The van der Waals surface area contributed by atoms with Gasteiger partial charge in [0.25, 0.3) is 0 Å². The summed E-state index contributed by atoms with van der Waals surface area (Å²) in [5.74, 6) is 0. The molecule has 0 atom stereocenters. The minimum absolute atomic E-state index is 1.08. The summed E-state index contributed by atoms with van der Waals surface area (Å²) in [6.07, 6.45) is 3.66. The van der Waals surface area contributed by atoms with E-state index in [1.807, 2.05) is 36.4 Å². The van der Waals surface area contributed by atoms with Crippen molar-refractivity contribution in [3.05, 3.63) is 46.5 Å². The minimum atomic E-state index is 1.08. The zero-order valence-corrected chi connectivity index (χ0v) is 7.89. The van der Waals surface area contributed by atoms with Gasteiger partial charge in [0, 0.05) is 11.1 Å². The van der Waals surface area contributed by atoms with Crippen LogP contribution in [-0.4, -0.2) is 0 Å². The van der Waals surface area contributed by atoms with Gasteiger partial charge in [-0.2, -0.15) is 0 Å². The van der Waals surface area contributed by atoms with Gasteiger partial charge in [-0.3, -0.25) is 0 Å². The smallest absolute Gasteiger partial charge is 0.00484 e.